The number of imidazole rings is 1. The molecule has 1 saturated heterocycles. The third kappa shape index (κ3) is 2.92. The number of fused-ring (bicyclic) bond motifs is 1. The van der Waals surface area contributed by atoms with Gasteiger partial charge in [-0.2, -0.15) is 0 Å². The van der Waals surface area contributed by atoms with Crippen molar-refractivity contribution in [1.29, 1.82) is 0 Å². The first-order valence-corrected chi connectivity index (χ1v) is 9.37. The lowest BCUT2D eigenvalue weighted by Gasteiger charge is -2.34. The smallest absolute Gasteiger partial charge is 0.137 e. The van der Waals surface area contributed by atoms with Crippen LogP contribution in [0.2, 0.25) is 0 Å². The van der Waals surface area contributed by atoms with Gasteiger partial charge in [-0.25, -0.2) is 4.98 Å². The SMILES string of the molecule is CCN1CCN(Cc2c(-c3cccs3)nc3ccc(N)cn23)CC1. The first-order chi connectivity index (χ1) is 11.7. The molecule has 0 atom stereocenters. The Balaban J connectivity index is 1.70. The minimum atomic E-state index is 0.773. The van der Waals surface area contributed by atoms with Crippen LogP contribution in [0.4, 0.5) is 5.69 Å². The van der Waals surface area contributed by atoms with Gasteiger partial charge in [-0.1, -0.05) is 13.0 Å². The molecule has 4 rings (SSSR count). The van der Waals surface area contributed by atoms with E-state index >= 15 is 0 Å². The molecule has 0 amide bonds. The summed E-state index contributed by atoms with van der Waals surface area (Å²) in [6, 6.07) is 8.16. The van der Waals surface area contributed by atoms with Crippen LogP contribution < -0.4 is 5.73 Å². The Kier molecular flexibility index (Phi) is 4.26. The maximum atomic E-state index is 6.02. The molecule has 3 aromatic rings. The van der Waals surface area contributed by atoms with Crippen LogP contribution in [0.5, 0.6) is 0 Å². The van der Waals surface area contributed by atoms with E-state index in [1.807, 2.05) is 18.3 Å². The van der Waals surface area contributed by atoms with Crippen molar-refractivity contribution in [2.24, 2.45) is 0 Å². The number of thiophene rings is 1. The van der Waals surface area contributed by atoms with Crippen LogP contribution in [0.1, 0.15) is 12.6 Å². The van der Waals surface area contributed by atoms with Crippen LogP contribution in [0.25, 0.3) is 16.2 Å². The van der Waals surface area contributed by atoms with Gasteiger partial charge in [-0.3, -0.25) is 9.30 Å². The minimum absolute atomic E-state index is 0.773. The van der Waals surface area contributed by atoms with E-state index in [0.29, 0.717) is 0 Å². The zero-order valence-electron chi connectivity index (χ0n) is 14.0. The van der Waals surface area contributed by atoms with Crippen molar-refractivity contribution in [1.82, 2.24) is 19.2 Å². The van der Waals surface area contributed by atoms with E-state index in [1.54, 1.807) is 11.3 Å². The predicted molar refractivity (Wildman–Crippen MR) is 100 cm³/mol. The normalized spacial score (nSPS) is 16.9. The fourth-order valence-corrected chi connectivity index (χ4v) is 4.08. The summed E-state index contributed by atoms with van der Waals surface area (Å²) >= 11 is 1.74. The largest absolute Gasteiger partial charge is 0.398 e. The molecule has 126 valence electrons. The second kappa shape index (κ2) is 6.55. The van der Waals surface area contributed by atoms with Crippen molar-refractivity contribution in [2.75, 3.05) is 38.5 Å². The molecule has 0 radical (unpaired) electrons. The molecular formula is C18H23N5S. The summed E-state index contributed by atoms with van der Waals surface area (Å²) < 4.78 is 2.16. The van der Waals surface area contributed by atoms with Gasteiger partial charge >= 0.3 is 0 Å². The van der Waals surface area contributed by atoms with E-state index < -0.39 is 0 Å². The number of rotatable bonds is 4. The topological polar surface area (TPSA) is 49.8 Å². The maximum absolute atomic E-state index is 6.02. The van der Waals surface area contributed by atoms with E-state index in [2.05, 4.69) is 38.6 Å². The lowest BCUT2D eigenvalue weighted by molar-refractivity contribution is 0.131. The molecule has 5 nitrogen and oxygen atoms in total. The summed E-state index contributed by atoms with van der Waals surface area (Å²) in [4.78, 5) is 11.1. The van der Waals surface area contributed by atoms with E-state index in [1.165, 1.54) is 10.6 Å². The van der Waals surface area contributed by atoms with Crippen LogP contribution in [0, 0.1) is 0 Å². The lowest BCUT2D eigenvalue weighted by Crippen LogP contribution is -2.45. The van der Waals surface area contributed by atoms with E-state index in [4.69, 9.17) is 10.7 Å². The van der Waals surface area contributed by atoms with Gasteiger partial charge in [0.1, 0.15) is 11.3 Å². The van der Waals surface area contributed by atoms with Crippen LogP contribution in [0.15, 0.2) is 35.8 Å². The molecule has 1 aliphatic rings. The Hall–Kier alpha value is -1.89. The minimum Gasteiger partial charge on any atom is -0.398 e. The molecule has 24 heavy (non-hydrogen) atoms. The molecule has 1 fully saturated rings. The average molecular weight is 341 g/mol. The van der Waals surface area contributed by atoms with Gasteiger partial charge in [0.15, 0.2) is 0 Å². The quantitative estimate of drug-likeness (QED) is 0.793. The van der Waals surface area contributed by atoms with Gasteiger partial charge in [0, 0.05) is 44.6 Å². The molecule has 0 aromatic carbocycles. The number of piperazine rings is 1. The standard InChI is InChI=1S/C18H23N5S/c1-2-21-7-9-22(10-8-21)13-15-18(16-4-3-11-24-16)20-17-6-5-14(19)12-23(15)17/h3-6,11-12H,2,7-10,13,19H2,1H3. The Morgan fingerprint density at radius 3 is 2.62 bits per heavy atom. The summed E-state index contributed by atoms with van der Waals surface area (Å²) in [5.41, 5.74) is 10.1. The van der Waals surface area contributed by atoms with Gasteiger partial charge in [-0.05, 0) is 30.1 Å². The highest BCUT2D eigenvalue weighted by Gasteiger charge is 2.21. The van der Waals surface area contributed by atoms with E-state index in [9.17, 15) is 0 Å². The Labute approximate surface area is 146 Å². The Morgan fingerprint density at radius 2 is 1.92 bits per heavy atom. The van der Waals surface area contributed by atoms with Gasteiger partial charge in [0.05, 0.1) is 10.6 Å². The van der Waals surface area contributed by atoms with Crippen LogP contribution in [-0.4, -0.2) is 51.9 Å². The zero-order chi connectivity index (χ0) is 16.5. The van der Waals surface area contributed by atoms with Crippen molar-refractivity contribution in [2.45, 2.75) is 13.5 Å². The average Bonchev–Trinajstić information content (AvgIpc) is 3.24. The summed E-state index contributed by atoms with van der Waals surface area (Å²) in [7, 11) is 0. The zero-order valence-corrected chi connectivity index (χ0v) is 14.8. The number of pyridine rings is 1. The maximum Gasteiger partial charge on any atom is 0.137 e. The monoisotopic (exact) mass is 341 g/mol. The summed E-state index contributed by atoms with van der Waals surface area (Å²) in [6.45, 7) is 8.78. The van der Waals surface area contributed by atoms with Crippen molar-refractivity contribution in [3.8, 4) is 10.6 Å². The number of aromatic nitrogens is 2. The molecule has 0 aliphatic carbocycles. The second-order valence-corrected chi connectivity index (χ2v) is 7.23. The van der Waals surface area contributed by atoms with Crippen LogP contribution in [-0.2, 0) is 6.54 Å². The molecule has 0 spiro atoms. The molecular weight excluding hydrogens is 318 g/mol. The van der Waals surface area contributed by atoms with Crippen molar-refractivity contribution < 1.29 is 0 Å². The van der Waals surface area contributed by atoms with Crippen molar-refractivity contribution in [3.05, 3.63) is 41.5 Å². The fourth-order valence-electron chi connectivity index (χ4n) is 3.35. The summed E-state index contributed by atoms with van der Waals surface area (Å²) in [5, 5.41) is 2.11. The van der Waals surface area contributed by atoms with Gasteiger partial charge in [-0.15, -0.1) is 11.3 Å². The number of hydrogen-bond donors (Lipinski definition) is 1. The predicted octanol–water partition coefficient (Wildman–Crippen LogP) is 2.78. The third-order valence-electron chi connectivity index (χ3n) is 4.78. The number of nitrogen functional groups attached to an aromatic ring is 1. The molecule has 3 aromatic heterocycles. The molecule has 0 unspecified atom stereocenters. The summed E-state index contributed by atoms with van der Waals surface area (Å²) in [5.74, 6) is 0. The van der Waals surface area contributed by atoms with Crippen LogP contribution >= 0.6 is 11.3 Å². The molecule has 1 aliphatic heterocycles. The number of anilines is 1. The number of nitrogens with zero attached hydrogens (tertiary/aromatic N) is 4. The Morgan fingerprint density at radius 1 is 1.12 bits per heavy atom. The van der Waals surface area contributed by atoms with Crippen molar-refractivity contribution >= 4 is 22.7 Å². The molecule has 4 heterocycles. The number of hydrogen-bond acceptors (Lipinski definition) is 5. The summed E-state index contributed by atoms with van der Waals surface area (Å²) in [6.07, 6.45) is 2.00. The van der Waals surface area contributed by atoms with E-state index in [0.717, 1.165) is 56.3 Å². The number of likely N-dealkylation sites (N-methyl/N-ethyl adjacent to an activating group) is 1. The molecule has 0 saturated carbocycles. The first-order valence-electron chi connectivity index (χ1n) is 8.49. The highest BCUT2D eigenvalue weighted by atomic mass is 32.1. The highest BCUT2D eigenvalue weighted by molar-refractivity contribution is 7.13. The van der Waals surface area contributed by atoms with Gasteiger partial charge in [0.2, 0.25) is 0 Å². The molecule has 6 heteroatoms. The van der Waals surface area contributed by atoms with Crippen molar-refractivity contribution in [3.63, 3.8) is 0 Å². The van der Waals surface area contributed by atoms with Crippen LogP contribution in [0.3, 0.4) is 0 Å². The van der Waals surface area contributed by atoms with Gasteiger partial charge in [0.25, 0.3) is 0 Å². The van der Waals surface area contributed by atoms with Gasteiger partial charge < -0.3 is 10.6 Å². The Bertz CT molecular complexity index is 815. The fraction of sp³-hybridized carbons (Fsp3) is 0.389. The molecule has 2 N–H and O–H groups in total. The first kappa shape index (κ1) is 15.6. The second-order valence-electron chi connectivity index (χ2n) is 6.29. The molecule has 0 bridgehead atoms. The number of nitrogens with two attached hydrogens (primary N) is 1. The van der Waals surface area contributed by atoms with E-state index in [-0.39, 0.29) is 0 Å². The third-order valence-corrected chi connectivity index (χ3v) is 5.66. The lowest BCUT2D eigenvalue weighted by atomic mass is 10.2. The highest BCUT2D eigenvalue weighted by Crippen LogP contribution is 2.30.